The van der Waals surface area contributed by atoms with Crippen LogP contribution >= 0.6 is 0 Å². The third-order valence-corrected chi connectivity index (χ3v) is 5.32. The average molecular weight is 404 g/mol. The molecule has 0 bridgehead atoms. The van der Waals surface area contributed by atoms with E-state index in [4.69, 9.17) is 9.15 Å². The summed E-state index contributed by atoms with van der Waals surface area (Å²) in [6.07, 6.45) is 1.51. The molecule has 0 radical (unpaired) electrons. The predicted octanol–water partition coefficient (Wildman–Crippen LogP) is 2.89. The van der Waals surface area contributed by atoms with Crippen molar-refractivity contribution in [3.05, 3.63) is 72.5 Å². The Morgan fingerprint density at radius 2 is 1.86 bits per heavy atom. The summed E-state index contributed by atoms with van der Waals surface area (Å²) in [5, 5.41) is 0. The summed E-state index contributed by atoms with van der Waals surface area (Å²) in [6, 6.07) is 12.4. The van der Waals surface area contributed by atoms with Crippen LogP contribution in [0.5, 0.6) is 0 Å². The Morgan fingerprint density at radius 3 is 2.54 bits per heavy atom. The Bertz CT molecular complexity index is 1050. The van der Waals surface area contributed by atoms with E-state index in [9.17, 15) is 17.6 Å². The predicted molar refractivity (Wildman–Crippen MR) is 97.9 cm³/mol. The lowest BCUT2D eigenvalue weighted by Gasteiger charge is -2.13. The fourth-order valence-corrected chi connectivity index (χ4v) is 3.53. The molecule has 1 heterocycles. The monoisotopic (exact) mass is 404 g/mol. The maximum absolute atomic E-state index is 12.9. The summed E-state index contributed by atoms with van der Waals surface area (Å²) in [7, 11) is -3.99. The Hall–Kier alpha value is -3.04. The highest BCUT2D eigenvalue weighted by molar-refractivity contribution is 7.89. The highest BCUT2D eigenvalue weighted by atomic mass is 32.2. The smallest absolute Gasteiger partial charge is 0.324 e. The van der Waals surface area contributed by atoms with Crippen molar-refractivity contribution in [2.45, 2.75) is 24.5 Å². The summed E-state index contributed by atoms with van der Waals surface area (Å²) >= 11 is 0. The van der Waals surface area contributed by atoms with Gasteiger partial charge in [-0.1, -0.05) is 30.3 Å². The number of benzene rings is 2. The quantitative estimate of drug-likeness (QED) is 0.608. The van der Waals surface area contributed by atoms with Crippen molar-refractivity contribution < 1.29 is 26.8 Å². The van der Waals surface area contributed by atoms with E-state index in [-0.39, 0.29) is 17.4 Å². The van der Waals surface area contributed by atoms with Crippen molar-refractivity contribution in [3.63, 3.8) is 0 Å². The van der Waals surface area contributed by atoms with Crippen LogP contribution in [0.2, 0.25) is 0 Å². The maximum Gasteiger partial charge on any atom is 0.324 e. The van der Waals surface area contributed by atoms with E-state index >= 15 is 0 Å². The summed E-state index contributed by atoms with van der Waals surface area (Å²) in [6.45, 7) is 1.10. The number of rotatable bonds is 7. The lowest BCUT2D eigenvalue weighted by Crippen LogP contribution is -2.39. The van der Waals surface area contributed by atoms with Gasteiger partial charge in [-0.25, -0.2) is 17.8 Å². The van der Waals surface area contributed by atoms with Crippen LogP contribution in [0.1, 0.15) is 12.8 Å². The first-order valence-electron chi connectivity index (χ1n) is 8.30. The number of halogens is 1. The zero-order valence-electron chi connectivity index (χ0n) is 14.8. The highest BCUT2D eigenvalue weighted by Gasteiger charge is 2.23. The number of oxazole rings is 1. The van der Waals surface area contributed by atoms with Gasteiger partial charge in [0.25, 0.3) is 0 Å². The number of nitrogens with one attached hydrogen (secondary N) is 1. The van der Waals surface area contributed by atoms with Crippen LogP contribution in [0.25, 0.3) is 11.3 Å². The number of aromatic nitrogens is 1. The molecule has 2 aromatic carbocycles. The molecule has 0 spiro atoms. The summed E-state index contributed by atoms with van der Waals surface area (Å²) in [4.78, 5) is 16.0. The van der Waals surface area contributed by atoms with Crippen molar-refractivity contribution in [1.82, 2.24) is 9.71 Å². The van der Waals surface area contributed by atoms with E-state index in [0.717, 1.165) is 29.8 Å². The molecule has 1 aromatic heterocycles. The summed E-state index contributed by atoms with van der Waals surface area (Å²) in [5.41, 5.74) is 0.827. The fourth-order valence-electron chi connectivity index (χ4n) is 2.33. The number of sulfonamides is 1. The second kappa shape index (κ2) is 8.32. The minimum atomic E-state index is -3.99. The molecule has 7 nitrogen and oxygen atoms in total. The molecule has 0 aliphatic heterocycles. The molecular weight excluding hydrogens is 387 g/mol. The molecule has 0 unspecified atom stereocenters. The molecule has 3 rings (SSSR count). The van der Waals surface area contributed by atoms with E-state index in [1.165, 1.54) is 13.1 Å². The third-order valence-electron chi connectivity index (χ3n) is 3.76. The summed E-state index contributed by atoms with van der Waals surface area (Å²) < 4.78 is 50.1. The van der Waals surface area contributed by atoms with Crippen LogP contribution in [-0.2, 0) is 26.2 Å². The van der Waals surface area contributed by atoms with Gasteiger partial charge in [0.2, 0.25) is 15.9 Å². The minimum absolute atomic E-state index is 0.159. The third kappa shape index (κ3) is 4.81. The lowest BCUT2D eigenvalue weighted by molar-refractivity contribution is -0.147. The van der Waals surface area contributed by atoms with Gasteiger partial charge in [-0.2, -0.15) is 4.72 Å². The van der Waals surface area contributed by atoms with Crippen LogP contribution in [0.15, 0.2) is 70.1 Å². The van der Waals surface area contributed by atoms with Gasteiger partial charge in [-0.3, -0.25) is 4.79 Å². The Labute approximate surface area is 161 Å². The molecule has 0 saturated heterocycles. The molecule has 0 fully saturated rings. The molecule has 0 aliphatic rings. The number of nitrogens with zero attached hydrogens (tertiary/aromatic N) is 1. The molecular formula is C19H17FN2O5S. The maximum atomic E-state index is 12.9. The first-order valence-corrected chi connectivity index (χ1v) is 9.78. The molecule has 28 heavy (non-hydrogen) atoms. The van der Waals surface area contributed by atoms with Gasteiger partial charge in [0.15, 0.2) is 12.4 Å². The topological polar surface area (TPSA) is 98.5 Å². The van der Waals surface area contributed by atoms with Crippen LogP contribution in [0.4, 0.5) is 4.39 Å². The van der Waals surface area contributed by atoms with Gasteiger partial charge in [0, 0.05) is 5.56 Å². The Balaban J connectivity index is 1.57. The Kier molecular flexibility index (Phi) is 5.86. The number of carbonyl (C=O) groups is 1. The molecule has 0 aliphatic carbocycles. The molecule has 1 N–H and O–H groups in total. The number of esters is 1. The second-order valence-corrected chi connectivity index (χ2v) is 7.60. The summed E-state index contributed by atoms with van der Waals surface area (Å²) in [5.74, 6) is -0.658. The zero-order chi connectivity index (χ0) is 20.1. The zero-order valence-corrected chi connectivity index (χ0v) is 15.6. The standard InChI is InChI=1S/C19H17FN2O5S/c1-13(22-28(24,25)16-9-7-15(20)8-10-16)19(23)26-12-18-21-11-17(27-18)14-5-3-2-4-6-14/h2-11,13,22H,12H2,1H3/t13-/m0/s1. The van der Waals surface area contributed by atoms with Crippen molar-refractivity contribution in [2.24, 2.45) is 0 Å². The first kappa shape index (κ1) is 19.7. The van der Waals surface area contributed by atoms with Gasteiger partial charge < -0.3 is 9.15 Å². The fraction of sp³-hybridized carbons (Fsp3) is 0.158. The SMILES string of the molecule is C[C@H](NS(=O)(=O)c1ccc(F)cc1)C(=O)OCc1ncc(-c2ccccc2)o1. The minimum Gasteiger partial charge on any atom is -0.454 e. The van der Waals surface area contributed by atoms with Gasteiger partial charge >= 0.3 is 5.97 Å². The number of hydrogen-bond donors (Lipinski definition) is 1. The molecule has 3 aromatic rings. The molecule has 0 amide bonds. The Morgan fingerprint density at radius 1 is 1.18 bits per heavy atom. The van der Waals surface area contributed by atoms with Crippen LogP contribution in [-0.4, -0.2) is 25.4 Å². The number of ether oxygens (including phenoxy) is 1. The van der Waals surface area contributed by atoms with Crippen LogP contribution in [0.3, 0.4) is 0 Å². The lowest BCUT2D eigenvalue weighted by atomic mass is 10.2. The molecule has 9 heteroatoms. The van der Waals surface area contributed by atoms with Crippen molar-refractivity contribution >= 4 is 16.0 Å². The van der Waals surface area contributed by atoms with E-state index in [0.29, 0.717) is 5.76 Å². The van der Waals surface area contributed by atoms with E-state index in [1.807, 2.05) is 30.3 Å². The molecule has 0 saturated carbocycles. The molecule has 146 valence electrons. The second-order valence-electron chi connectivity index (χ2n) is 5.89. The highest BCUT2D eigenvalue weighted by Crippen LogP contribution is 2.20. The normalized spacial score (nSPS) is 12.5. The van der Waals surface area contributed by atoms with Gasteiger partial charge in [-0.05, 0) is 31.2 Å². The van der Waals surface area contributed by atoms with Crippen molar-refractivity contribution in [1.29, 1.82) is 0 Å². The van der Waals surface area contributed by atoms with Crippen molar-refractivity contribution in [3.8, 4) is 11.3 Å². The number of hydrogen-bond acceptors (Lipinski definition) is 6. The van der Waals surface area contributed by atoms with E-state index in [2.05, 4.69) is 9.71 Å². The molecule has 1 atom stereocenters. The van der Waals surface area contributed by atoms with Crippen LogP contribution in [0, 0.1) is 5.82 Å². The van der Waals surface area contributed by atoms with Gasteiger partial charge in [0.1, 0.15) is 11.9 Å². The average Bonchev–Trinajstić information content (AvgIpc) is 3.16. The van der Waals surface area contributed by atoms with Crippen molar-refractivity contribution in [2.75, 3.05) is 0 Å². The van der Waals surface area contributed by atoms with Gasteiger partial charge in [0.05, 0.1) is 11.1 Å². The van der Waals surface area contributed by atoms with Crippen LogP contribution < -0.4 is 4.72 Å². The number of carbonyl (C=O) groups excluding carboxylic acids is 1. The first-order chi connectivity index (χ1) is 13.3. The largest absolute Gasteiger partial charge is 0.454 e. The van der Waals surface area contributed by atoms with Gasteiger partial charge in [-0.15, -0.1) is 0 Å². The van der Waals surface area contributed by atoms with E-state index in [1.54, 1.807) is 0 Å². The van der Waals surface area contributed by atoms with E-state index < -0.39 is 27.9 Å².